The van der Waals surface area contributed by atoms with Crippen molar-refractivity contribution in [1.29, 1.82) is 0 Å². The number of thiazole rings is 3. The zero-order chi connectivity index (χ0) is 90.5. The molecule has 20 rings (SSSR count). The number of piperazine rings is 1. The van der Waals surface area contributed by atoms with Crippen molar-refractivity contribution in [3.05, 3.63) is 174 Å². The molecule has 5 aliphatic rings. The van der Waals surface area contributed by atoms with E-state index in [1.54, 1.807) is 76.2 Å². The number of anilines is 19. The number of nitrogens with one attached hydrogen (secondary N) is 6. The summed E-state index contributed by atoms with van der Waals surface area (Å²) < 4.78 is 39.3. The van der Waals surface area contributed by atoms with Gasteiger partial charge in [0.15, 0.2) is 23.1 Å². The van der Waals surface area contributed by atoms with Gasteiger partial charge in [0, 0.05) is 165 Å². The average Bonchev–Trinajstić information content (AvgIpc) is 1.71. The molecule has 0 amide bonds. The highest BCUT2D eigenvalue weighted by molar-refractivity contribution is 7.12. The lowest BCUT2D eigenvalue weighted by Gasteiger charge is -2.35. The maximum absolute atomic E-state index is 6.19. The molecule has 16 N–H and O–H groups in total. The van der Waals surface area contributed by atoms with Crippen molar-refractivity contribution >= 4 is 145 Å². The van der Waals surface area contributed by atoms with Crippen LogP contribution in [0.15, 0.2) is 163 Å². The number of nitrogens with zero attached hydrogens (tertiary/aromatic N) is 27. The Balaban J connectivity index is 0.000000122. The largest absolute Gasteiger partial charge is 0.497 e. The lowest BCUT2D eigenvalue weighted by molar-refractivity contribution is 0.122. The molecule has 4 aliphatic heterocycles. The molecule has 1 saturated carbocycles. The molecule has 1 aliphatic carbocycles. The van der Waals surface area contributed by atoms with E-state index in [0.29, 0.717) is 91.4 Å². The molecule has 0 radical (unpaired) electrons. The Kier molecular flexibility index (Phi) is 29.2. The van der Waals surface area contributed by atoms with Gasteiger partial charge in [-0.15, -0.1) is 59.5 Å². The van der Waals surface area contributed by atoms with E-state index in [-0.39, 0.29) is 23.8 Å². The third-order valence-electron chi connectivity index (χ3n) is 21.1. The van der Waals surface area contributed by atoms with Crippen LogP contribution in [0.2, 0.25) is 0 Å². The number of nitrogen functional groups attached to an aromatic ring is 5. The van der Waals surface area contributed by atoms with Gasteiger partial charge in [-0.3, -0.25) is 4.90 Å². The molecule has 47 heteroatoms. The summed E-state index contributed by atoms with van der Waals surface area (Å²) in [6.07, 6.45) is 13.4. The SMILES string of the molecule is COc1ccc(Nc2nc(N)n(-c3nccs3)n2)c(OC)c1.COc1ccc(Nc2nc(N)n(-c3nccs3)n2)cc1OC.Cc1cc(C)cc(Nc2nc(N)n(-c3nccs3)n2)c1.Nc1nc(Nc2ccc(N3CCOCC3)cc2)nn1-c1cc(N2CCN(C3CC3)CC2)ncn1.Nc1nc(Nc2ccc(N3CCOCC3)cc2)nn1-c1cc(NCCN2CCCC2)ncn1. The van der Waals surface area contributed by atoms with Gasteiger partial charge in [0.1, 0.15) is 35.8 Å². The van der Waals surface area contributed by atoms with Crippen LogP contribution in [0.5, 0.6) is 23.0 Å². The Morgan fingerprint density at radius 2 is 0.832 bits per heavy atom. The molecule has 0 atom stereocenters. The number of rotatable bonds is 27. The van der Waals surface area contributed by atoms with Crippen LogP contribution in [0.3, 0.4) is 0 Å². The summed E-state index contributed by atoms with van der Waals surface area (Å²) in [6, 6.07) is 38.0. The molecular weight excluding hydrogens is 1730 g/mol. The molecule has 4 saturated heterocycles. The smallest absolute Gasteiger partial charge is 0.249 e. The summed E-state index contributed by atoms with van der Waals surface area (Å²) in [7, 11) is 6.34. The van der Waals surface area contributed by atoms with Gasteiger partial charge in [0.2, 0.25) is 74.9 Å². The summed E-state index contributed by atoms with van der Waals surface area (Å²) in [5, 5.41) is 48.6. The van der Waals surface area contributed by atoms with Crippen LogP contribution in [0, 0.1) is 13.8 Å². The summed E-state index contributed by atoms with van der Waals surface area (Å²) in [5.74, 6) is 8.76. The lowest BCUT2D eigenvalue weighted by atomic mass is 10.1. The number of hydrogen-bond acceptors (Lipinski definition) is 42. The molecule has 0 bridgehead atoms. The number of methoxy groups -OCH3 is 4. The summed E-state index contributed by atoms with van der Waals surface area (Å²) in [5.41, 5.74) is 38.8. The summed E-state index contributed by atoms with van der Waals surface area (Å²) >= 11 is 4.30. The maximum atomic E-state index is 6.19. The first-order chi connectivity index (χ1) is 64.0. The minimum absolute atomic E-state index is 0.254. The molecule has 5 aromatic carbocycles. The molecule has 0 unspecified atom stereocenters. The third-order valence-corrected chi connectivity index (χ3v) is 23.3. The van der Waals surface area contributed by atoms with E-state index in [2.05, 4.69) is 172 Å². The second kappa shape index (κ2) is 42.8. The van der Waals surface area contributed by atoms with Gasteiger partial charge in [-0.25, -0.2) is 34.9 Å². The monoisotopic (exact) mass is 1830 g/mol. The fourth-order valence-electron chi connectivity index (χ4n) is 14.6. The van der Waals surface area contributed by atoms with E-state index in [1.165, 1.54) is 120 Å². The highest BCUT2D eigenvalue weighted by Crippen LogP contribution is 2.35. The van der Waals surface area contributed by atoms with E-state index in [4.69, 9.17) is 57.1 Å². The fraction of sp³-hybridized carbons (Fsp3) is 0.321. The highest BCUT2D eigenvalue weighted by atomic mass is 32.1. The fourth-order valence-corrected chi connectivity index (χ4v) is 16.3. The molecule has 131 heavy (non-hydrogen) atoms. The van der Waals surface area contributed by atoms with E-state index in [0.717, 1.165) is 132 Å². The van der Waals surface area contributed by atoms with Gasteiger partial charge in [-0.1, -0.05) is 6.07 Å². The van der Waals surface area contributed by atoms with Crippen molar-refractivity contribution in [1.82, 2.24) is 119 Å². The molecule has 10 aromatic heterocycles. The second-order valence-electron chi connectivity index (χ2n) is 30.1. The minimum atomic E-state index is 0.254. The number of aryl methyl sites for hydroxylation is 2. The standard InChI is InChI=1S/C23H30N10O.C22H30N10O.2C13H14N6O2S.C13H14N6S/c24-22-28-23(27-17-1-3-18(4-2-17)31-11-13-34-14-12-31)29-33(22)21-15-20(25-16-26-21)32-9-7-30(8-10-32)19-5-6-19;23-21-28-22(27-17-3-5-18(6-4-17)31-11-13-33-14-12-31)29-32(21)20-15-19(25-16-26-20)24-7-10-30-8-1-2-9-30;1-20-8-3-4-9(10(7-8)21-2)16-12-17-11(14)19(18-12)13-15-5-6-22-13;1-20-9-4-3-8(7-10(9)21-2)16-12-17-11(14)19(18-12)13-15-5-6-22-13;1-8-5-9(2)7-10(6-8)16-12-17-11(14)19(18-12)13-15-3-4-20-13/h1-4,15-16,19H,5-14H2,(H3,24,27,28,29);3-6,15-16H,1-2,7-14H2,(H,24,25,26)(H3,23,27,28,29);2*3-7H,1-2H3,(H3,14,16,17,18);3-7H,1-2H3,(H3,14,16,17,18). The van der Waals surface area contributed by atoms with Gasteiger partial charge in [-0.2, -0.15) is 48.3 Å². The maximum Gasteiger partial charge on any atom is 0.249 e. The first-order valence-corrected chi connectivity index (χ1v) is 44.8. The number of aromatic nitrogens is 22. The van der Waals surface area contributed by atoms with Gasteiger partial charge >= 0.3 is 0 Å². The number of morpholine rings is 2. The molecule has 44 nitrogen and oxygen atoms in total. The molecule has 5 fully saturated rings. The molecule has 682 valence electrons. The van der Waals surface area contributed by atoms with E-state index in [9.17, 15) is 0 Å². The number of ether oxygens (including phenoxy) is 6. The number of benzene rings is 5. The Morgan fingerprint density at radius 3 is 1.31 bits per heavy atom. The predicted octanol–water partition coefficient (Wildman–Crippen LogP) is 10.0. The zero-order valence-corrected chi connectivity index (χ0v) is 75.4. The van der Waals surface area contributed by atoms with Crippen LogP contribution in [-0.2, 0) is 9.47 Å². The Morgan fingerprint density at radius 1 is 0.389 bits per heavy atom. The van der Waals surface area contributed by atoms with Crippen molar-refractivity contribution in [2.24, 2.45) is 0 Å². The number of nitrogens with two attached hydrogens (primary N) is 5. The second-order valence-corrected chi connectivity index (χ2v) is 32.7. The highest BCUT2D eigenvalue weighted by Gasteiger charge is 2.32. The molecule has 14 heterocycles. The van der Waals surface area contributed by atoms with Crippen LogP contribution in [0.4, 0.5) is 111 Å². The quantitative estimate of drug-likeness (QED) is 0.0228. The van der Waals surface area contributed by atoms with Crippen LogP contribution >= 0.6 is 34.0 Å². The van der Waals surface area contributed by atoms with E-state index < -0.39 is 0 Å². The number of likely N-dealkylation sites (tertiary alicyclic amines) is 1. The van der Waals surface area contributed by atoms with Crippen molar-refractivity contribution in [2.75, 3.05) is 209 Å². The molecule has 15 aromatic rings. The van der Waals surface area contributed by atoms with Crippen LogP contribution in [0.25, 0.3) is 27.0 Å². The summed E-state index contributed by atoms with van der Waals surface area (Å²) in [6.45, 7) is 19.1. The average molecular weight is 1840 g/mol. The molecular formula is C84H102N38O6S3. The Hall–Kier alpha value is -14.9. The lowest BCUT2D eigenvalue weighted by Crippen LogP contribution is -2.47. The predicted molar refractivity (Wildman–Crippen MR) is 508 cm³/mol. The van der Waals surface area contributed by atoms with Crippen LogP contribution in [0.1, 0.15) is 36.8 Å². The summed E-state index contributed by atoms with van der Waals surface area (Å²) in [4.78, 5) is 63.2. The number of hydrogen-bond donors (Lipinski definition) is 11. The normalized spacial score (nSPS) is 14.4. The van der Waals surface area contributed by atoms with Gasteiger partial charge in [0.25, 0.3) is 0 Å². The Labute approximate surface area is 765 Å². The first kappa shape index (κ1) is 89.5. The van der Waals surface area contributed by atoms with Crippen molar-refractivity contribution in [2.45, 2.75) is 45.6 Å². The van der Waals surface area contributed by atoms with E-state index >= 15 is 0 Å². The first-order valence-electron chi connectivity index (χ1n) is 42.2. The zero-order valence-electron chi connectivity index (χ0n) is 72.9. The van der Waals surface area contributed by atoms with Gasteiger partial charge in [-0.05, 0) is 149 Å². The van der Waals surface area contributed by atoms with Gasteiger partial charge in [0.05, 0.1) is 60.6 Å². The van der Waals surface area contributed by atoms with Crippen molar-refractivity contribution < 1.29 is 28.4 Å². The van der Waals surface area contributed by atoms with Crippen molar-refractivity contribution in [3.8, 4) is 50.0 Å². The molecule has 0 spiro atoms. The van der Waals surface area contributed by atoms with Crippen molar-refractivity contribution in [3.63, 3.8) is 0 Å². The Bertz CT molecular complexity index is 6120. The van der Waals surface area contributed by atoms with Gasteiger partial charge < -0.3 is 109 Å². The topological polar surface area (TPSA) is 518 Å². The van der Waals surface area contributed by atoms with Crippen LogP contribution in [-0.4, -0.2) is 258 Å². The van der Waals surface area contributed by atoms with E-state index in [1.807, 2.05) is 96.7 Å². The van der Waals surface area contributed by atoms with Crippen LogP contribution < -0.4 is 94.2 Å². The minimum Gasteiger partial charge on any atom is -0.497 e. The third kappa shape index (κ3) is 23.5.